The van der Waals surface area contributed by atoms with Crippen molar-refractivity contribution in [2.24, 2.45) is 0 Å². The molecular formula is C13H10FO. The van der Waals surface area contributed by atoms with Crippen LogP contribution in [-0.4, -0.2) is 0 Å². The first-order valence-corrected chi connectivity index (χ1v) is 4.66. The molecular weight excluding hydrogens is 191 g/mol. The summed E-state index contributed by atoms with van der Waals surface area (Å²) in [4.78, 5) is 0. The fraction of sp³-hybridized carbons (Fsp3) is 0.0769. The van der Waals surface area contributed by atoms with Crippen LogP contribution in [0.1, 0.15) is 5.56 Å². The maximum atomic E-state index is 12.8. The van der Waals surface area contributed by atoms with Gasteiger partial charge in [-0.05, 0) is 36.8 Å². The normalized spacial score (nSPS) is 10.0. The molecule has 0 aromatic heterocycles. The minimum Gasteiger partial charge on any atom is -0.457 e. The highest BCUT2D eigenvalue weighted by molar-refractivity contribution is 5.33. The average molecular weight is 201 g/mol. The summed E-state index contributed by atoms with van der Waals surface area (Å²) in [7, 11) is 0. The summed E-state index contributed by atoms with van der Waals surface area (Å²) in [5, 5.41) is 0. The SMILES string of the molecule is Cc1cccc(Oc2cc[c]c(F)c2)c1. The molecule has 0 atom stereocenters. The van der Waals surface area contributed by atoms with E-state index in [-0.39, 0.29) is 0 Å². The molecule has 0 amide bonds. The Morgan fingerprint density at radius 3 is 2.67 bits per heavy atom. The molecule has 0 unspecified atom stereocenters. The molecule has 0 bridgehead atoms. The summed E-state index contributed by atoms with van der Waals surface area (Å²) in [6.07, 6.45) is 0. The maximum Gasteiger partial charge on any atom is 0.134 e. The zero-order valence-corrected chi connectivity index (χ0v) is 8.33. The smallest absolute Gasteiger partial charge is 0.134 e. The molecule has 2 heteroatoms. The van der Waals surface area contributed by atoms with Gasteiger partial charge in [0.15, 0.2) is 0 Å². The standard InChI is InChI=1S/C13H10FO/c1-10-4-2-6-12(8-10)15-13-7-3-5-11(14)9-13/h2-4,6-9H,1H3. The first kappa shape index (κ1) is 9.71. The maximum absolute atomic E-state index is 12.8. The van der Waals surface area contributed by atoms with Gasteiger partial charge in [0.1, 0.15) is 17.3 Å². The minimum atomic E-state index is -0.417. The third kappa shape index (κ3) is 2.56. The molecule has 2 aromatic rings. The van der Waals surface area contributed by atoms with Gasteiger partial charge >= 0.3 is 0 Å². The van der Waals surface area contributed by atoms with Gasteiger partial charge in [0.05, 0.1) is 0 Å². The molecule has 0 heterocycles. The molecule has 2 rings (SSSR count). The van der Waals surface area contributed by atoms with E-state index in [9.17, 15) is 4.39 Å². The van der Waals surface area contributed by atoms with Gasteiger partial charge in [0, 0.05) is 12.1 Å². The van der Waals surface area contributed by atoms with Crippen molar-refractivity contribution < 1.29 is 9.13 Å². The van der Waals surface area contributed by atoms with E-state index in [1.54, 1.807) is 6.07 Å². The Morgan fingerprint density at radius 2 is 1.93 bits per heavy atom. The van der Waals surface area contributed by atoms with E-state index in [0.717, 1.165) is 5.56 Å². The van der Waals surface area contributed by atoms with E-state index in [2.05, 4.69) is 6.07 Å². The second-order valence-corrected chi connectivity index (χ2v) is 3.29. The van der Waals surface area contributed by atoms with Gasteiger partial charge in [-0.15, -0.1) is 0 Å². The molecule has 0 aliphatic heterocycles. The molecule has 1 nitrogen and oxygen atoms in total. The lowest BCUT2D eigenvalue weighted by Gasteiger charge is -2.05. The monoisotopic (exact) mass is 201 g/mol. The van der Waals surface area contributed by atoms with Crippen LogP contribution in [0.2, 0.25) is 0 Å². The van der Waals surface area contributed by atoms with Crippen molar-refractivity contribution in [1.29, 1.82) is 0 Å². The molecule has 0 aliphatic rings. The highest BCUT2D eigenvalue weighted by atomic mass is 19.1. The molecule has 75 valence electrons. The summed E-state index contributed by atoms with van der Waals surface area (Å²) >= 11 is 0. The summed E-state index contributed by atoms with van der Waals surface area (Å²) in [6.45, 7) is 1.98. The largest absolute Gasteiger partial charge is 0.457 e. The number of ether oxygens (including phenoxy) is 1. The first-order valence-electron chi connectivity index (χ1n) is 4.66. The quantitative estimate of drug-likeness (QED) is 0.719. The number of rotatable bonds is 2. The third-order valence-corrected chi connectivity index (χ3v) is 1.96. The summed E-state index contributed by atoms with van der Waals surface area (Å²) in [5.41, 5.74) is 1.11. The van der Waals surface area contributed by atoms with E-state index in [0.29, 0.717) is 11.5 Å². The lowest BCUT2D eigenvalue weighted by Crippen LogP contribution is -1.85. The Balaban J connectivity index is 2.22. The molecule has 1 radical (unpaired) electrons. The fourth-order valence-corrected chi connectivity index (χ4v) is 1.30. The lowest BCUT2D eigenvalue weighted by atomic mass is 10.2. The average Bonchev–Trinajstić information content (AvgIpc) is 2.17. The molecule has 0 fully saturated rings. The van der Waals surface area contributed by atoms with Crippen molar-refractivity contribution in [2.75, 3.05) is 0 Å². The Morgan fingerprint density at radius 1 is 1.13 bits per heavy atom. The van der Waals surface area contributed by atoms with Gasteiger partial charge in [-0.3, -0.25) is 0 Å². The second-order valence-electron chi connectivity index (χ2n) is 3.29. The van der Waals surface area contributed by atoms with E-state index < -0.39 is 5.82 Å². The second kappa shape index (κ2) is 4.13. The zero-order valence-electron chi connectivity index (χ0n) is 8.33. The van der Waals surface area contributed by atoms with Crippen LogP contribution in [0.15, 0.2) is 42.5 Å². The Bertz CT molecular complexity index is 422. The van der Waals surface area contributed by atoms with Crippen molar-refractivity contribution in [2.45, 2.75) is 6.92 Å². The third-order valence-electron chi connectivity index (χ3n) is 1.96. The van der Waals surface area contributed by atoms with Crippen LogP contribution in [0.5, 0.6) is 11.5 Å². The number of hydrogen-bond acceptors (Lipinski definition) is 1. The molecule has 0 saturated heterocycles. The van der Waals surface area contributed by atoms with Crippen LogP contribution in [0.25, 0.3) is 0 Å². The van der Waals surface area contributed by atoms with Gasteiger partial charge in [-0.25, -0.2) is 4.39 Å². The summed E-state index contributed by atoms with van der Waals surface area (Å²) in [5.74, 6) is 0.776. The van der Waals surface area contributed by atoms with Gasteiger partial charge in [0.25, 0.3) is 0 Å². The van der Waals surface area contributed by atoms with Crippen LogP contribution in [0.4, 0.5) is 4.39 Å². The Kier molecular flexibility index (Phi) is 2.68. The predicted molar refractivity (Wildman–Crippen MR) is 56.5 cm³/mol. The van der Waals surface area contributed by atoms with Crippen LogP contribution >= 0.6 is 0 Å². The number of aryl methyl sites for hydroxylation is 1. The van der Waals surface area contributed by atoms with Crippen LogP contribution < -0.4 is 4.74 Å². The van der Waals surface area contributed by atoms with Crippen LogP contribution in [0.3, 0.4) is 0 Å². The predicted octanol–water partition coefficient (Wildman–Crippen LogP) is 3.73. The number of hydrogen-bond donors (Lipinski definition) is 0. The van der Waals surface area contributed by atoms with Crippen molar-refractivity contribution in [3.8, 4) is 11.5 Å². The highest BCUT2D eigenvalue weighted by Gasteiger charge is 1.98. The highest BCUT2D eigenvalue weighted by Crippen LogP contribution is 2.22. The van der Waals surface area contributed by atoms with Crippen molar-refractivity contribution in [1.82, 2.24) is 0 Å². The lowest BCUT2D eigenvalue weighted by molar-refractivity contribution is 0.476. The van der Waals surface area contributed by atoms with Crippen molar-refractivity contribution in [3.63, 3.8) is 0 Å². The Hall–Kier alpha value is -1.83. The summed E-state index contributed by atoms with van der Waals surface area (Å²) < 4.78 is 18.3. The molecule has 0 N–H and O–H groups in total. The van der Waals surface area contributed by atoms with E-state index >= 15 is 0 Å². The van der Waals surface area contributed by atoms with E-state index in [4.69, 9.17) is 4.74 Å². The first-order chi connectivity index (χ1) is 7.24. The molecule has 15 heavy (non-hydrogen) atoms. The number of benzene rings is 2. The van der Waals surface area contributed by atoms with Gasteiger partial charge in [0.2, 0.25) is 0 Å². The van der Waals surface area contributed by atoms with Crippen molar-refractivity contribution in [3.05, 3.63) is 59.9 Å². The molecule has 2 aromatic carbocycles. The van der Waals surface area contributed by atoms with Crippen LogP contribution in [0, 0.1) is 18.8 Å². The molecule has 0 saturated carbocycles. The zero-order chi connectivity index (χ0) is 10.7. The fourth-order valence-electron chi connectivity index (χ4n) is 1.30. The molecule has 0 aliphatic carbocycles. The summed E-state index contributed by atoms with van der Waals surface area (Å²) in [6, 6.07) is 14.5. The van der Waals surface area contributed by atoms with Gasteiger partial charge in [-0.1, -0.05) is 12.1 Å². The minimum absolute atomic E-state index is 0.417. The number of halogens is 1. The van der Waals surface area contributed by atoms with Gasteiger partial charge < -0.3 is 4.74 Å². The Labute approximate surface area is 88.1 Å². The van der Waals surface area contributed by atoms with Crippen molar-refractivity contribution >= 4 is 0 Å². The molecule has 0 spiro atoms. The van der Waals surface area contributed by atoms with E-state index in [1.807, 2.05) is 31.2 Å². The van der Waals surface area contributed by atoms with Gasteiger partial charge in [-0.2, -0.15) is 0 Å². The van der Waals surface area contributed by atoms with E-state index in [1.165, 1.54) is 12.1 Å². The van der Waals surface area contributed by atoms with Crippen LogP contribution in [-0.2, 0) is 0 Å². The topological polar surface area (TPSA) is 9.23 Å².